The maximum atomic E-state index is 12.6. The van der Waals surface area contributed by atoms with Gasteiger partial charge in [0.15, 0.2) is 0 Å². The van der Waals surface area contributed by atoms with Crippen molar-refractivity contribution in [2.45, 2.75) is 80.7 Å². The van der Waals surface area contributed by atoms with Crippen molar-refractivity contribution in [1.29, 1.82) is 5.26 Å². The Morgan fingerprint density at radius 1 is 1.17 bits per heavy atom. The molecule has 4 heterocycles. The Labute approximate surface area is 291 Å². The zero-order valence-corrected chi connectivity index (χ0v) is 28.9. The zero-order valence-electron chi connectivity index (χ0n) is 27.4. The Morgan fingerprint density at radius 2 is 2.00 bits per heavy atom. The second-order valence-corrected chi connectivity index (χ2v) is 16.2. The predicted molar refractivity (Wildman–Crippen MR) is 190 cm³/mol. The van der Waals surface area contributed by atoms with Crippen LogP contribution in [0.25, 0.3) is 10.8 Å². The van der Waals surface area contributed by atoms with Gasteiger partial charge in [0.05, 0.1) is 47.1 Å². The summed E-state index contributed by atoms with van der Waals surface area (Å²) in [7, 11) is 0. The molecule has 250 valence electrons. The van der Waals surface area contributed by atoms with Crippen LogP contribution in [0.15, 0.2) is 49.1 Å². The Morgan fingerprint density at radius 3 is 2.77 bits per heavy atom. The molecule has 3 aliphatic heterocycles. The lowest BCUT2D eigenvalue weighted by Gasteiger charge is -2.42. The summed E-state index contributed by atoms with van der Waals surface area (Å²) in [6.45, 7) is 9.29. The topological polar surface area (TPSA) is 94.8 Å². The van der Waals surface area contributed by atoms with Crippen LogP contribution >= 0.6 is 23.4 Å². The van der Waals surface area contributed by atoms with Crippen molar-refractivity contribution >= 4 is 51.5 Å². The van der Waals surface area contributed by atoms with Crippen molar-refractivity contribution < 1.29 is 14.3 Å². The summed E-state index contributed by atoms with van der Waals surface area (Å²) in [5.41, 5.74) is 3.68. The maximum absolute atomic E-state index is 12.6. The van der Waals surface area contributed by atoms with Gasteiger partial charge in [0.25, 0.3) is 0 Å². The molecule has 11 heteroatoms. The highest BCUT2D eigenvalue weighted by atomic mass is 35.5. The molecule has 5 aliphatic rings. The van der Waals surface area contributed by atoms with Gasteiger partial charge in [-0.15, -0.1) is 11.8 Å². The average Bonchev–Trinajstić information content (AvgIpc) is 3.96. The highest BCUT2D eigenvalue weighted by molar-refractivity contribution is 8.08. The van der Waals surface area contributed by atoms with Gasteiger partial charge in [-0.3, -0.25) is 4.79 Å². The number of nitrogens with zero attached hydrogens (tertiary/aromatic N) is 6. The first kappa shape index (κ1) is 31.7. The fourth-order valence-electron chi connectivity index (χ4n) is 8.10. The predicted octanol–water partition coefficient (Wildman–Crippen LogP) is 6.52. The summed E-state index contributed by atoms with van der Waals surface area (Å²) in [6.07, 6.45) is 9.06. The Balaban J connectivity index is 1.06. The molecule has 1 aromatic heterocycles. The number of amides is 1. The average molecular weight is 685 g/mol. The Bertz CT molecular complexity index is 1810. The van der Waals surface area contributed by atoms with Gasteiger partial charge in [-0.1, -0.05) is 42.4 Å². The molecule has 0 radical (unpaired) electrons. The summed E-state index contributed by atoms with van der Waals surface area (Å²) in [5.74, 6) is 0.688. The fourth-order valence-corrected chi connectivity index (χ4v) is 9.33. The fraction of sp³-hybridized carbons (Fsp3) is 0.514. The minimum Gasteiger partial charge on any atom is -0.462 e. The first-order chi connectivity index (χ1) is 23.3. The molecule has 48 heavy (non-hydrogen) atoms. The molecule has 3 aromatic rings. The summed E-state index contributed by atoms with van der Waals surface area (Å²) in [5, 5.41) is 12.7. The van der Waals surface area contributed by atoms with Gasteiger partial charge in [-0.05, 0) is 74.5 Å². The number of carbonyl (C=O) groups is 1. The smallest absolute Gasteiger partial charge is 0.318 e. The SMILES string of the molecule is C=CC(=O)N1CCN(c2nc(OCC3S[C@]3(C)OC3CCC4(CC4)C3)nc3c2CCN(c2cccc4cccc(Cl)c24)C3)C[C@@H]1CC#N. The molecular weight excluding hydrogens is 644 g/mol. The monoisotopic (exact) mass is 684 g/mol. The lowest BCUT2D eigenvalue weighted by Crippen LogP contribution is -2.55. The van der Waals surface area contributed by atoms with Crippen LogP contribution < -0.4 is 14.5 Å². The molecule has 1 amide bonds. The highest BCUT2D eigenvalue weighted by Crippen LogP contribution is 2.61. The normalized spacial score (nSPS) is 27.1. The zero-order chi connectivity index (χ0) is 33.0. The maximum Gasteiger partial charge on any atom is 0.318 e. The molecule has 1 spiro atoms. The summed E-state index contributed by atoms with van der Waals surface area (Å²) >= 11 is 8.57. The third-order valence-electron chi connectivity index (χ3n) is 11.0. The van der Waals surface area contributed by atoms with Crippen LogP contribution in [-0.2, 0) is 22.5 Å². The summed E-state index contributed by atoms with van der Waals surface area (Å²) in [4.78, 5) is 28.8. The van der Waals surface area contributed by atoms with E-state index in [1.165, 1.54) is 31.8 Å². The number of nitriles is 1. The van der Waals surface area contributed by atoms with E-state index in [0.29, 0.717) is 50.3 Å². The summed E-state index contributed by atoms with van der Waals surface area (Å²) < 4.78 is 13.0. The van der Waals surface area contributed by atoms with Gasteiger partial charge in [-0.25, -0.2) is 0 Å². The number of rotatable bonds is 9. The summed E-state index contributed by atoms with van der Waals surface area (Å²) in [6, 6.07) is 14.7. The molecule has 2 saturated carbocycles. The van der Waals surface area contributed by atoms with Crippen molar-refractivity contribution in [1.82, 2.24) is 14.9 Å². The second-order valence-electron chi connectivity index (χ2n) is 14.2. The van der Waals surface area contributed by atoms with E-state index in [1.807, 2.05) is 23.9 Å². The number of fused-ring (bicyclic) bond motifs is 2. The van der Waals surface area contributed by atoms with Gasteiger partial charge in [0.1, 0.15) is 17.4 Å². The van der Waals surface area contributed by atoms with Crippen LogP contribution in [0.1, 0.15) is 56.7 Å². The second kappa shape index (κ2) is 12.4. The quantitative estimate of drug-likeness (QED) is 0.184. The van der Waals surface area contributed by atoms with Crippen LogP contribution in [-0.4, -0.2) is 75.9 Å². The van der Waals surface area contributed by atoms with Crippen molar-refractivity contribution in [3.05, 3.63) is 65.3 Å². The molecular formula is C37H41ClN6O3S. The van der Waals surface area contributed by atoms with Crippen LogP contribution in [0, 0.1) is 16.7 Å². The lowest BCUT2D eigenvalue weighted by molar-refractivity contribution is -0.128. The van der Waals surface area contributed by atoms with Gasteiger partial charge in [0, 0.05) is 42.8 Å². The number of aromatic nitrogens is 2. The minimum absolute atomic E-state index is 0.148. The number of ether oxygens (including phenoxy) is 2. The molecule has 8 rings (SSSR count). The van der Waals surface area contributed by atoms with Gasteiger partial charge in [-0.2, -0.15) is 15.2 Å². The number of hydrogen-bond donors (Lipinski definition) is 0. The molecule has 2 aromatic carbocycles. The number of carbonyl (C=O) groups excluding carboxylic acids is 1. The number of halogens is 1. The number of thioether (sulfide) groups is 1. The molecule has 4 atom stereocenters. The van der Waals surface area contributed by atoms with Crippen LogP contribution in [0.4, 0.5) is 11.5 Å². The van der Waals surface area contributed by atoms with Crippen molar-refractivity contribution in [3.63, 3.8) is 0 Å². The number of hydrogen-bond acceptors (Lipinski definition) is 9. The third-order valence-corrected chi connectivity index (χ3v) is 12.8. The molecule has 2 aliphatic carbocycles. The van der Waals surface area contributed by atoms with E-state index in [0.717, 1.165) is 57.9 Å². The van der Waals surface area contributed by atoms with E-state index in [9.17, 15) is 10.1 Å². The van der Waals surface area contributed by atoms with Crippen molar-refractivity contribution in [2.75, 3.05) is 42.6 Å². The van der Waals surface area contributed by atoms with Crippen LogP contribution in [0.2, 0.25) is 5.02 Å². The molecule has 0 bridgehead atoms. The number of piperazine rings is 1. The Kier molecular flexibility index (Phi) is 8.21. The van der Waals surface area contributed by atoms with E-state index in [-0.39, 0.29) is 28.6 Å². The molecule has 4 fully saturated rings. The number of benzene rings is 2. The van der Waals surface area contributed by atoms with E-state index in [2.05, 4.69) is 53.6 Å². The lowest BCUT2D eigenvalue weighted by atomic mass is 10.0. The number of anilines is 2. The van der Waals surface area contributed by atoms with Crippen molar-refractivity contribution in [3.8, 4) is 12.1 Å². The molecule has 9 nitrogen and oxygen atoms in total. The van der Waals surface area contributed by atoms with E-state index in [4.69, 9.17) is 31.0 Å². The largest absolute Gasteiger partial charge is 0.462 e. The van der Waals surface area contributed by atoms with Crippen LogP contribution in [0.3, 0.4) is 0 Å². The van der Waals surface area contributed by atoms with E-state index in [1.54, 1.807) is 4.90 Å². The van der Waals surface area contributed by atoms with Crippen molar-refractivity contribution in [2.24, 2.45) is 5.41 Å². The Hall–Kier alpha value is -3.52. The van der Waals surface area contributed by atoms with E-state index >= 15 is 0 Å². The van der Waals surface area contributed by atoms with Crippen LogP contribution in [0.5, 0.6) is 6.01 Å². The minimum atomic E-state index is -0.256. The molecule has 2 unspecified atom stereocenters. The molecule has 0 N–H and O–H groups in total. The first-order valence-corrected chi connectivity index (χ1v) is 18.4. The highest BCUT2D eigenvalue weighted by Gasteiger charge is 2.57. The van der Waals surface area contributed by atoms with Gasteiger partial charge < -0.3 is 24.2 Å². The van der Waals surface area contributed by atoms with E-state index < -0.39 is 0 Å². The standard InChI is InChI=1S/C37H41ClN6O3S/c1-3-32(45)44-19-18-43(21-25(44)11-16-39)34-27-12-17-42(30-9-5-7-24-6-4-8-28(38)33(24)30)22-29(27)40-35(41-34)46-23-31-36(2,48-31)47-26-10-13-37(20-26)14-15-37/h3-9,25-26,31H,1,10-15,17-23H2,2H3/t25-,26?,31?,36-/m0/s1. The van der Waals surface area contributed by atoms with Gasteiger partial charge in [0.2, 0.25) is 5.91 Å². The first-order valence-electron chi connectivity index (χ1n) is 17.1. The van der Waals surface area contributed by atoms with Gasteiger partial charge >= 0.3 is 6.01 Å². The third kappa shape index (κ3) is 5.99. The molecule has 2 saturated heterocycles.